The zero-order valence-corrected chi connectivity index (χ0v) is 13.3. The molecule has 0 amide bonds. The van der Waals surface area contributed by atoms with Crippen LogP contribution in [0.15, 0.2) is 47.5 Å². The maximum atomic E-state index is 13.1. The van der Waals surface area contributed by atoms with Gasteiger partial charge >= 0.3 is 0 Å². The molecule has 2 atom stereocenters. The summed E-state index contributed by atoms with van der Waals surface area (Å²) in [6, 6.07) is 9.46. The van der Waals surface area contributed by atoms with Crippen molar-refractivity contribution >= 4 is 15.8 Å². The average molecular weight is 335 g/mol. The molecule has 1 fully saturated rings. The van der Waals surface area contributed by atoms with E-state index in [-0.39, 0.29) is 28.5 Å². The predicted octanol–water partition coefficient (Wildman–Crippen LogP) is 2.62. The molecule has 1 aromatic carbocycles. The third-order valence-electron chi connectivity index (χ3n) is 4.21. The van der Waals surface area contributed by atoms with E-state index in [0.717, 1.165) is 24.8 Å². The van der Waals surface area contributed by atoms with Gasteiger partial charge in [-0.3, -0.25) is 0 Å². The van der Waals surface area contributed by atoms with Gasteiger partial charge in [0.05, 0.1) is 0 Å². The van der Waals surface area contributed by atoms with E-state index in [0.29, 0.717) is 0 Å². The van der Waals surface area contributed by atoms with Gasteiger partial charge in [0, 0.05) is 18.2 Å². The molecule has 5 nitrogen and oxygen atoms in total. The Morgan fingerprint density at radius 2 is 1.91 bits per heavy atom. The third kappa shape index (κ3) is 3.51. The van der Waals surface area contributed by atoms with Crippen molar-refractivity contribution in [1.29, 1.82) is 0 Å². The molecule has 3 N–H and O–H groups in total. The quantitative estimate of drug-likeness (QED) is 0.899. The largest absolute Gasteiger partial charge is 0.366 e. The first-order chi connectivity index (χ1) is 10.9. The monoisotopic (exact) mass is 335 g/mol. The summed E-state index contributed by atoms with van der Waals surface area (Å²) in [5, 5.41) is 8.46. The number of nitrogens with zero attached hydrogens (tertiary/aromatic N) is 1. The van der Waals surface area contributed by atoms with Crippen molar-refractivity contribution in [2.24, 2.45) is 5.14 Å². The van der Waals surface area contributed by atoms with Gasteiger partial charge in [0.15, 0.2) is 0 Å². The molecule has 0 spiro atoms. The highest BCUT2D eigenvalue weighted by Crippen LogP contribution is 2.37. The highest BCUT2D eigenvalue weighted by atomic mass is 32.2. The molecule has 23 heavy (non-hydrogen) atoms. The molecule has 0 saturated heterocycles. The van der Waals surface area contributed by atoms with Crippen LogP contribution in [0.25, 0.3) is 0 Å². The molecule has 122 valence electrons. The van der Waals surface area contributed by atoms with E-state index < -0.39 is 10.0 Å². The first-order valence-corrected chi connectivity index (χ1v) is 8.99. The van der Waals surface area contributed by atoms with Crippen LogP contribution < -0.4 is 10.5 Å². The Kier molecular flexibility index (Phi) is 4.32. The molecular formula is C16H18FN3O2S. The lowest BCUT2D eigenvalue weighted by atomic mass is 9.94. The molecule has 0 radical (unpaired) electrons. The van der Waals surface area contributed by atoms with E-state index in [4.69, 9.17) is 5.14 Å². The van der Waals surface area contributed by atoms with E-state index in [1.165, 1.54) is 30.5 Å². The number of pyridine rings is 1. The molecule has 2 unspecified atom stereocenters. The number of primary sulfonamides is 1. The predicted molar refractivity (Wildman–Crippen MR) is 86.0 cm³/mol. The minimum absolute atomic E-state index is 0.00949. The second-order valence-corrected chi connectivity index (χ2v) is 7.26. The third-order valence-corrected chi connectivity index (χ3v) is 5.16. The van der Waals surface area contributed by atoms with Gasteiger partial charge in [0.2, 0.25) is 10.0 Å². The number of halogens is 1. The number of aromatic nitrogens is 1. The summed E-state index contributed by atoms with van der Waals surface area (Å²) in [6.45, 7) is 0. The lowest BCUT2D eigenvalue weighted by Gasteiger charge is -2.23. The van der Waals surface area contributed by atoms with Gasteiger partial charge in [-0.1, -0.05) is 18.6 Å². The van der Waals surface area contributed by atoms with E-state index in [1.807, 2.05) is 0 Å². The van der Waals surface area contributed by atoms with Crippen LogP contribution >= 0.6 is 0 Å². The van der Waals surface area contributed by atoms with E-state index in [2.05, 4.69) is 10.3 Å². The highest BCUT2D eigenvalue weighted by Gasteiger charge is 2.30. The molecule has 7 heteroatoms. The van der Waals surface area contributed by atoms with Crippen LogP contribution in [0.5, 0.6) is 0 Å². The van der Waals surface area contributed by atoms with Crippen molar-refractivity contribution < 1.29 is 12.8 Å². The molecule has 1 heterocycles. The van der Waals surface area contributed by atoms with Crippen molar-refractivity contribution in [3.8, 4) is 0 Å². The Morgan fingerprint density at radius 3 is 2.61 bits per heavy atom. The van der Waals surface area contributed by atoms with Crippen molar-refractivity contribution in [3.05, 3.63) is 54.0 Å². The van der Waals surface area contributed by atoms with Crippen molar-refractivity contribution in [2.75, 3.05) is 5.32 Å². The maximum Gasteiger partial charge on any atom is 0.241 e. The number of nitrogens with one attached hydrogen (secondary N) is 1. The van der Waals surface area contributed by atoms with Crippen LogP contribution in [0.1, 0.15) is 30.7 Å². The molecule has 0 bridgehead atoms. The minimum atomic E-state index is -3.84. The number of anilines is 1. The van der Waals surface area contributed by atoms with Gasteiger partial charge in [0.25, 0.3) is 0 Å². The Bertz CT molecular complexity index is 793. The smallest absolute Gasteiger partial charge is 0.241 e. The number of rotatable bonds is 4. The molecule has 1 aromatic heterocycles. The van der Waals surface area contributed by atoms with Crippen molar-refractivity contribution in [1.82, 2.24) is 4.98 Å². The van der Waals surface area contributed by atoms with Crippen LogP contribution in [0, 0.1) is 5.82 Å². The van der Waals surface area contributed by atoms with Gasteiger partial charge in [-0.25, -0.2) is 22.9 Å². The van der Waals surface area contributed by atoms with Gasteiger partial charge < -0.3 is 5.32 Å². The highest BCUT2D eigenvalue weighted by molar-refractivity contribution is 7.89. The number of benzene rings is 1. The van der Waals surface area contributed by atoms with Crippen LogP contribution in [0.4, 0.5) is 10.2 Å². The van der Waals surface area contributed by atoms with E-state index >= 15 is 0 Å². The molecule has 3 rings (SSSR count). The number of hydrogen-bond acceptors (Lipinski definition) is 4. The standard InChI is InChI=1S/C16H18FN3O2S/c17-12-8-6-11(7-9-12)13-3-1-4-14(13)20-16-15(23(18,21)22)5-2-10-19-16/h2,5-10,13-14H,1,3-4H2,(H,19,20)(H2,18,21,22). The van der Waals surface area contributed by atoms with Gasteiger partial charge in [-0.05, 0) is 42.7 Å². The van der Waals surface area contributed by atoms with Crippen LogP contribution in [-0.4, -0.2) is 19.4 Å². The fourth-order valence-corrected chi connectivity index (χ4v) is 3.80. The summed E-state index contributed by atoms with van der Waals surface area (Å²) >= 11 is 0. The lowest BCUT2D eigenvalue weighted by molar-refractivity contribution is 0.596. The summed E-state index contributed by atoms with van der Waals surface area (Å²) in [6.07, 6.45) is 4.39. The zero-order valence-electron chi connectivity index (χ0n) is 12.4. The Hall–Kier alpha value is -1.99. The number of hydrogen-bond donors (Lipinski definition) is 2. The average Bonchev–Trinajstić information content (AvgIpc) is 2.96. The SMILES string of the molecule is NS(=O)(=O)c1cccnc1NC1CCCC1c1ccc(F)cc1. The normalized spacial score (nSPS) is 21.3. The summed E-state index contributed by atoms with van der Waals surface area (Å²) < 4.78 is 36.4. The summed E-state index contributed by atoms with van der Waals surface area (Å²) in [5.41, 5.74) is 1.04. The molecule has 1 saturated carbocycles. The Balaban J connectivity index is 1.87. The Labute approximate surface area is 134 Å². The minimum Gasteiger partial charge on any atom is -0.366 e. The first-order valence-electron chi connectivity index (χ1n) is 7.45. The summed E-state index contributed by atoms with van der Waals surface area (Å²) in [7, 11) is -3.84. The number of nitrogens with two attached hydrogens (primary N) is 1. The van der Waals surface area contributed by atoms with Crippen molar-refractivity contribution in [2.45, 2.75) is 36.1 Å². The lowest BCUT2D eigenvalue weighted by Crippen LogP contribution is -2.25. The first kappa shape index (κ1) is 15.9. The van der Waals surface area contributed by atoms with E-state index in [1.54, 1.807) is 12.1 Å². The van der Waals surface area contributed by atoms with E-state index in [9.17, 15) is 12.8 Å². The zero-order chi connectivity index (χ0) is 16.4. The van der Waals surface area contributed by atoms with Crippen LogP contribution in [0.3, 0.4) is 0 Å². The van der Waals surface area contributed by atoms with Gasteiger partial charge in [-0.2, -0.15) is 0 Å². The van der Waals surface area contributed by atoms with Crippen molar-refractivity contribution in [3.63, 3.8) is 0 Å². The molecule has 1 aliphatic rings. The number of sulfonamides is 1. The second kappa shape index (κ2) is 6.25. The fraction of sp³-hybridized carbons (Fsp3) is 0.312. The molecular weight excluding hydrogens is 317 g/mol. The molecule has 0 aliphatic heterocycles. The summed E-state index contributed by atoms with van der Waals surface area (Å²) in [5.74, 6) is 0.192. The Morgan fingerprint density at radius 1 is 1.17 bits per heavy atom. The van der Waals surface area contributed by atoms with Crippen LogP contribution in [-0.2, 0) is 10.0 Å². The molecule has 1 aliphatic carbocycles. The van der Waals surface area contributed by atoms with Gasteiger partial charge in [0.1, 0.15) is 16.5 Å². The molecule has 2 aromatic rings. The topological polar surface area (TPSA) is 85.1 Å². The van der Waals surface area contributed by atoms with Gasteiger partial charge in [-0.15, -0.1) is 0 Å². The fourth-order valence-electron chi connectivity index (χ4n) is 3.15. The second-order valence-electron chi connectivity index (χ2n) is 5.73. The maximum absolute atomic E-state index is 13.1. The van der Waals surface area contributed by atoms with Crippen LogP contribution in [0.2, 0.25) is 0 Å². The summed E-state index contributed by atoms with van der Waals surface area (Å²) in [4.78, 5) is 4.11.